The topological polar surface area (TPSA) is 63.2 Å². The zero-order valence-electron chi connectivity index (χ0n) is 18.4. The van der Waals surface area contributed by atoms with Crippen molar-refractivity contribution in [1.29, 1.82) is 0 Å². The van der Waals surface area contributed by atoms with E-state index in [9.17, 15) is 14.0 Å². The molecule has 2 heterocycles. The fourth-order valence-electron chi connectivity index (χ4n) is 4.97. The summed E-state index contributed by atoms with van der Waals surface area (Å²) in [6, 6.07) is 15.6. The van der Waals surface area contributed by atoms with E-state index in [1.54, 1.807) is 18.3 Å². The van der Waals surface area contributed by atoms with Crippen LogP contribution >= 0.6 is 0 Å². The van der Waals surface area contributed by atoms with E-state index in [1.807, 2.05) is 30.3 Å². The van der Waals surface area contributed by atoms with E-state index in [2.05, 4.69) is 9.88 Å². The quantitative estimate of drug-likeness (QED) is 0.539. The van der Waals surface area contributed by atoms with Crippen LogP contribution in [0, 0.1) is 17.7 Å². The second-order valence-electron chi connectivity index (χ2n) is 9.06. The monoisotopic (exact) mass is 443 g/mol. The molecule has 0 radical (unpaired) electrons. The second-order valence-corrected chi connectivity index (χ2v) is 9.06. The van der Waals surface area contributed by atoms with Crippen LogP contribution in [0.15, 0.2) is 60.8 Å². The first kappa shape index (κ1) is 21.6. The molecule has 1 aromatic heterocycles. The SMILES string of the molecule is O=C1CC(CN2CCC(C(=O)c3ccc(F)cc3)CC2)Cc2nc(-c3ccccc3)ncc21. The molecular formula is C27H26FN3O2. The molecule has 6 heteroatoms. The number of fused-ring (bicyclic) bond motifs is 1. The van der Waals surface area contributed by atoms with Gasteiger partial charge in [-0.3, -0.25) is 9.59 Å². The Labute approximate surface area is 192 Å². The highest BCUT2D eigenvalue weighted by Crippen LogP contribution is 2.29. The van der Waals surface area contributed by atoms with E-state index in [4.69, 9.17) is 4.98 Å². The molecule has 33 heavy (non-hydrogen) atoms. The van der Waals surface area contributed by atoms with Crippen molar-refractivity contribution in [2.75, 3.05) is 19.6 Å². The molecule has 1 atom stereocenters. The minimum atomic E-state index is -0.328. The van der Waals surface area contributed by atoms with Crippen molar-refractivity contribution >= 4 is 11.6 Å². The maximum absolute atomic E-state index is 13.1. The average Bonchev–Trinajstić information content (AvgIpc) is 2.85. The lowest BCUT2D eigenvalue weighted by Gasteiger charge is -2.34. The zero-order valence-corrected chi connectivity index (χ0v) is 18.4. The number of carbonyl (C=O) groups is 2. The number of hydrogen-bond acceptors (Lipinski definition) is 5. The number of ketones is 2. The minimum absolute atomic E-state index is 0.0263. The molecule has 1 unspecified atom stereocenters. The number of rotatable bonds is 5. The summed E-state index contributed by atoms with van der Waals surface area (Å²) in [5.74, 6) is 0.729. The second kappa shape index (κ2) is 9.32. The highest BCUT2D eigenvalue weighted by Gasteiger charge is 2.31. The molecule has 1 saturated heterocycles. The number of carbonyl (C=O) groups excluding carboxylic acids is 2. The van der Waals surface area contributed by atoms with Crippen molar-refractivity contribution in [2.45, 2.75) is 25.7 Å². The Morgan fingerprint density at radius 3 is 2.45 bits per heavy atom. The maximum atomic E-state index is 13.1. The van der Waals surface area contributed by atoms with Crippen LogP contribution in [-0.2, 0) is 6.42 Å². The molecule has 0 amide bonds. The Morgan fingerprint density at radius 2 is 1.73 bits per heavy atom. The molecule has 2 aliphatic rings. The number of halogens is 1. The minimum Gasteiger partial charge on any atom is -0.303 e. The van der Waals surface area contributed by atoms with Gasteiger partial charge < -0.3 is 4.90 Å². The molecule has 0 bridgehead atoms. The Kier molecular flexibility index (Phi) is 6.09. The standard InChI is InChI=1S/C27H26FN3O2/c28-22-8-6-19(7-9-22)26(33)20-10-12-31(13-11-20)17-18-14-24-23(25(32)15-18)16-29-27(30-24)21-4-2-1-3-5-21/h1-9,16,18,20H,10-15,17H2. The first-order chi connectivity index (χ1) is 16.1. The van der Waals surface area contributed by atoms with E-state index < -0.39 is 0 Å². The van der Waals surface area contributed by atoms with Gasteiger partial charge in [-0.05, 0) is 62.5 Å². The summed E-state index contributed by atoms with van der Waals surface area (Å²) in [5.41, 5.74) is 3.02. The summed E-state index contributed by atoms with van der Waals surface area (Å²) in [6.07, 6.45) is 4.52. The van der Waals surface area contributed by atoms with Gasteiger partial charge in [-0.15, -0.1) is 0 Å². The smallest absolute Gasteiger partial charge is 0.166 e. The molecule has 1 aliphatic heterocycles. The molecule has 2 aromatic carbocycles. The van der Waals surface area contributed by atoms with Crippen molar-refractivity contribution < 1.29 is 14.0 Å². The van der Waals surface area contributed by atoms with Gasteiger partial charge in [0, 0.05) is 36.2 Å². The number of piperidine rings is 1. The predicted octanol–water partition coefficient (Wildman–Crippen LogP) is 4.62. The van der Waals surface area contributed by atoms with E-state index in [-0.39, 0.29) is 29.2 Å². The Balaban J connectivity index is 1.21. The summed E-state index contributed by atoms with van der Waals surface area (Å²) in [5, 5.41) is 0. The lowest BCUT2D eigenvalue weighted by Crippen LogP contribution is -2.40. The zero-order chi connectivity index (χ0) is 22.8. The lowest BCUT2D eigenvalue weighted by molar-refractivity contribution is 0.0812. The molecular weight excluding hydrogens is 417 g/mol. The van der Waals surface area contributed by atoms with Crippen LogP contribution < -0.4 is 0 Å². The lowest BCUT2D eigenvalue weighted by atomic mass is 9.84. The highest BCUT2D eigenvalue weighted by molar-refractivity contribution is 5.98. The van der Waals surface area contributed by atoms with Crippen LogP contribution in [-0.4, -0.2) is 46.1 Å². The predicted molar refractivity (Wildman–Crippen MR) is 124 cm³/mol. The van der Waals surface area contributed by atoms with Gasteiger partial charge in [-0.2, -0.15) is 0 Å². The van der Waals surface area contributed by atoms with E-state index in [1.165, 1.54) is 12.1 Å². The van der Waals surface area contributed by atoms with Crippen molar-refractivity contribution in [1.82, 2.24) is 14.9 Å². The summed E-state index contributed by atoms with van der Waals surface area (Å²) in [7, 11) is 0. The molecule has 5 rings (SSSR count). The number of nitrogens with zero attached hydrogens (tertiary/aromatic N) is 3. The van der Waals surface area contributed by atoms with Crippen molar-refractivity contribution in [3.8, 4) is 11.4 Å². The van der Waals surface area contributed by atoms with Crippen LogP contribution in [0.2, 0.25) is 0 Å². The number of benzene rings is 2. The van der Waals surface area contributed by atoms with Crippen molar-refractivity contribution in [3.05, 3.63) is 83.4 Å². The highest BCUT2D eigenvalue weighted by atomic mass is 19.1. The van der Waals surface area contributed by atoms with Gasteiger partial charge in [0.05, 0.1) is 11.3 Å². The van der Waals surface area contributed by atoms with Gasteiger partial charge in [0.1, 0.15) is 5.82 Å². The van der Waals surface area contributed by atoms with Gasteiger partial charge in [-0.1, -0.05) is 30.3 Å². The molecule has 0 spiro atoms. The normalized spacial score (nSPS) is 19.3. The summed E-state index contributed by atoms with van der Waals surface area (Å²) < 4.78 is 13.1. The molecule has 168 valence electrons. The van der Waals surface area contributed by atoms with E-state index in [0.717, 1.165) is 50.2 Å². The summed E-state index contributed by atoms with van der Waals surface area (Å²) in [6.45, 7) is 2.48. The number of aromatic nitrogens is 2. The Hall–Kier alpha value is -3.25. The van der Waals surface area contributed by atoms with Crippen molar-refractivity contribution in [2.24, 2.45) is 11.8 Å². The third kappa shape index (κ3) is 4.76. The molecule has 0 N–H and O–H groups in total. The van der Waals surface area contributed by atoms with Gasteiger partial charge >= 0.3 is 0 Å². The third-order valence-corrected chi connectivity index (χ3v) is 6.76. The molecule has 5 nitrogen and oxygen atoms in total. The average molecular weight is 444 g/mol. The summed E-state index contributed by atoms with van der Waals surface area (Å²) in [4.78, 5) is 37.0. The first-order valence-corrected chi connectivity index (χ1v) is 11.5. The number of Topliss-reactive ketones (excluding diaryl/α,β-unsaturated/α-hetero) is 2. The van der Waals surface area contributed by atoms with Gasteiger partial charge in [0.2, 0.25) is 0 Å². The van der Waals surface area contributed by atoms with Crippen LogP contribution in [0.1, 0.15) is 45.7 Å². The van der Waals surface area contributed by atoms with Crippen molar-refractivity contribution in [3.63, 3.8) is 0 Å². The molecule has 3 aromatic rings. The van der Waals surface area contributed by atoms with Crippen LogP contribution in [0.5, 0.6) is 0 Å². The van der Waals surface area contributed by atoms with E-state index in [0.29, 0.717) is 23.4 Å². The third-order valence-electron chi connectivity index (χ3n) is 6.76. The fraction of sp³-hybridized carbons (Fsp3) is 0.333. The largest absolute Gasteiger partial charge is 0.303 e. The Bertz CT molecular complexity index is 1160. The van der Waals surface area contributed by atoms with Gasteiger partial charge in [-0.25, -0.2) is 14.4 Å². The number of hydrogen-bond donors (Lipinski definition) is 0. The molecule has 1 aliphatic carbocycles. The van der Waals surface area contributed by atoms with E-state index >= 15 is 0 Å². The van der Waals surface area contributed by atoms with Crippen LogP contribution in [0.3, 0.4) is 0 Å². The fourth-order valence-corrected chi connectivity index (χ4v) is 4.97. The summed E-state index contributed by atoms with van der Waals surface area (Å²) >= 11 is 0. The Morgan fingerprint density at radius 1 is 1.00 bits per heavy atom. The van der Waals surface area contributed by atoms with Crippen LogP contribution in [0.4, 0.5) is 4.39 Å². The molecule has 0 saturated carbocycles. The van der Waals surface area contributed by atoms with Gasteiger partial charge in [0.15, 0.2) is 17.4 Å². The first-order valence-electron chi connectivity index (χ1n) is 11.5. The number of likely N-dealkylation sites (tertiary alicyclic amines) is 1. The van der Waals surface area contributed by atoms with Gasteiger partial charge in [0.25, 0.3) is 0 Å². The van der Waals surface area contributed by atoms with Crippen LogP contribution in [0.25, 0.3) is 11.4 Å². The molecule has 1 fully saturated rings. The maximum Gasteiger partial charge on any atom is 0.166 e.